The molecule has 2 aromatic rings. The first-order valence-corrected chi connectivity index (χ1v) is 10.8. The molecule has 2 atom stereocenters. The van der Waals surface area contributed by atoms with Crippen LogP contribution < -0.4 is 14.5 Å². The molecule has 1 amide bonds. The summed E-state index contributed by atoms with van der Waals surface area (Å²) >= 11 is 5.44. The van der Waals surface area contributed by atoms with Crippen molar-refractivity contribution in [2.75, 3.05) is 23.0 Å². The number of carbonyl (C=O) groups is 1. The summed E-state index contributed by atoms with van der Waals surface area (Å²) in [5.41, 5.74) is -3.15. The van der Waals surface area contributed by atoms with Crippen LogP contribution in [0.1, 0.15) is 25.0 Å². The van der Waals surface area contributed by atoms with E-state index in [9.17, 15) is 27.5 Å². The van der Waals surface area contributed by atoms with Crippen molar-refractivity contribution >= 4 is 34.6 Å². The standard InChI is InChI=1S/C23H19F4N3O4S/c1-22(2)20(32)29(13-4-3-12(9-28)15(7-13)23(25,26)27)21(35)30(22)14-5-6-18(16(24)8-14)34-19-11-33-10-17(19)31/h3-8,17,19,31H,10-11H2,1-2H3. The fourth-order valence-electron chi connectivity index (χ4n) is 3.98. The fraction of sp³-hybridized carbons (Fsp3) is 0.348. The number of halogens is 4. The van der Waals surface area contributed by atoms with Crippen LogP contribution in [0, 0.1) is 17.1 Å². The quantitative estimate of drug-likeness (QED) is 0.496. The zero-order chi connectivity index (χ0) is 25.7. The molecule has 2 aliphatic heterocycles. The second-order valence-electron chi connectivity index (χ2n) is 8.53. The van der Waals surface area contributed by atoms with Gasteiger partial charge in [-0.2, -0.15) is 18.4 Å². The predicted molar refractivity (Wildman–Crippen MR) is 120 cm³/mol. The summed E-state index contributed by atoms with van der Waals surface area (Å²) in [6.07, 6.45) is -6.47. The molecule has 4 rings (SSSR count). The molecule has 7 nitrogen and oxygen atoms in total. The number of nitrogens with zero attached hydrogens (tertiary/aromatic N) is 3. The molecule has 0 aromatic heterocycles. The van der Waals surface area contributed by atoms with Crippen LogP contribution in [0.3, 0.4) is 0 Å². The SMILES string of the molecule is CC1(C)C(=O)N(c2ccc(C#N)c(C(F)(F)F)c2)C(=S)N1c1ccc(OC2COCC2O)c(F)c1. The number of aliphatic hydroxyl groups excluding tert-OH is 1. The van der Waals surface area contributed by atoms with Gasteiger partial charge >= 0.3 is 6.18 Å². The van der Waals surface area contributed by atoms with Gasteiger partial charge in [-0.3, -0.25) is 9.69 Å². The minimum Gasteiger partial charge on any atom is -0.482 e. The van der Waals surface area contributed by atoms with E-state index in [1.165, 1.54) is 43.0 Å². The van der Waals surface area contributed by atoms with Crippen LogP contribution in [0.15, 0.2) is 36.4 Å². The van der Waals surface area contributed by atoms with Crippen molar-refractivity contribution in [3.05, 3.63) is 53.3 Å². The molecule has 2 heterocycles. The third kappa shape index (κ3) is 4.31. The van der Waals surface area contributed by atoms with Crippen LogP contribution in [-0.2, 0) is 15.7 Å². The minimum absolute atomic E-state index is 0.0734. The van der Waals surface area contributed by atoms with Crippen molar-refractivity contribution < 1.29 is 36.9 Å². The lowest BCUT2D eigenvalue weighted by atomic mass is 10.0. The Morgan fingerprint density at radius 2 is 1.89 bits per heavy atom. The van der Waals surface area contributed by atoms with Crippen LogP contribution in [0.4, 0.5) is 28.9 Å². The molecule has 2 saturated heterocycles. The van der Waals surface area contributed by atoms with E-state index in [1.54, 1.807) is 0 Å². The first-order chi connectivity index (χ1) is 16.4. The van der Waals surface area contributed by atoms with Gasteiger partial charge in [0.25, 0.3) is 5.91 Å². The van der Waals surface area contributed by atoms with E-state index in [4.69, 9.17) is 27.0 Å². The highest BCUT2D eigenvalue weighted by Crippen LogP contribution is 2.40. The number of anilines is 2. The zero-order valence-corrected chi connectivity index (χ0v) is 19.3. The Kier molecular flexibility index (Phi) is 6.21. The summed E-state index contributed by atoms with van der Waals surface area (Å²) in [6.45, 7) is 3.18. The van der Waals surface area contributed by atoms with E-state index in [-0.39, 0.29) is 35.5 Å². The molecule has 0 aliphatic carbocycles. The van der Waals surface area contributed by atoms with Gasteiger partial charge in [-0.25, -0.2) is 4.39 Å². The van der Waals surface area contributed by atoms with Gasteiger partial charge in [-0.05, 0) is 56.4 Å². The van der Waals surface area contributed by atoms with Crippen LogP contribution in [0.25, 0.3) is 0 Å². The molecule has 2 fully saturated rings. The maximum absolute atomic E-state index is 14.9. The zero-order valence-electron chi connectivity index (χ0n) is 18.5. The third-order valence-corrected chi connectivity index (χ3v) is 6.17. The Bertz CT molecular complexity index is 1240. The van der Waals surface area contributed by atoms with Crippen molar-refractivity contribution in [3.63, 3.8) is 0 Å². The molecular weight excluding hydrogens is 490 g/mol. The van der Waals surface area contributed by atoms with Crippen LogP contribution in [-0.4, -0.2) is 47.1 Å². The molecule has 0 spiro atoms. The highest BCUT2D eigenvalue weighted by atomic mass is 32.1. The number of thiocarbonyl (C=S) groups is 1. The number of rotatable bonds is 4. The lowest BCUT2D eigenvalue weighted by Gasteiger charge is -2.29. The van der Waals surface area contributed by atoms with Crippen molar-refractivity contribution in [2.24, 2.45) is 0 Å². The second kappa shape index (κ2) is 8.75. The van der Waals surface area contributed by atoms with Gasteiger partial charge in [0, 0.05) is 11.8 Å². The number of aliphatic hydroxyl groups is 1. The van der Waals surface area contributed by atoms with Gasteiger partial charge in [-0.15, -0.1) is 0 Å². The number of hydrogen-bond donors (Lipinski definition) is 1. The molecule has 0 saturated carbocycles. The molecule has 35 heavy (non-hydrogen) atoms. The largest absolute Gasteiger partial charge is 0.482 e. The van der Waals surface area contributed by atoms with E-state index in [0.29, 0.717) is 6.07 Å². The molecule has 2 aliphatic rings. The number of carbonyl (C=O) groups excluding carboxylic acids is 1. The van der Waals surface area contributed by atoms with E-state index in [0.717, 1.165) is 17.0 Å². The van der Waals surface area contributed by atoms with Crippen molar-refractivity contribution in [1.82, 2.24) is 0 Å². The first-order valence-electron chi connectivity index (χ1n) is 10.4. The van der Waals surface area contributed by atoms with Crippen LogP contribution >= 0.6 is 12.2 Å². The average Bonchev–Trinajstić information content (AvgIpc) is 3.26. The topological polar surface area (TPSA) is 86.0 Å². The van der Waals surface area contributed by atoms with E-state index in [1.807, 2.05) is 0 Å². The van der Waals surface area contributed by atoms with E-state index in [2.05, 4.69) is 0 Å². The van der Waals surface area contributed by atoms with Gasteiger partial charge in [0.05, 0.1) is 36.1 Å². The van der Waals surface area contributed by atoms with Crippen molar-refractivity contribution in [3.8, 4) is 11.8 Å². The molecule has 1 N–H and O–H groups in total. The number of benzene rings is 2. The van der Waals surface area contributed by atoms with Gasteiger partial charge < -0.3 is 19.5 Å². The Balaban J connectivity index is 1.68. The maximum Gasteiger partial charge on any atom is 0.417 e. The van der Waals surface area contributed by atoms with Gasteiger partial charge in [0.1, 0.15) is 11.6 Å². The van der Waals surface area contributed by atoms with Gasteiger partial charge in [0.2, 0.25) is 0 Å². The smallest absolute Gasteiger partial charge is 0.417 e. The van der Waals surface area contributed by atoms with Gasteiger partial charge in [-0.1, -0.05) is 0 Å². The summed E-state index contributed by atoms with van der Waals surface area (Å²) in [5, 5.41) is 18.7. The van der Waals surface area contributed by atoms with Crippen molar-refractivity contribution in [1.29, 1.82) is 5.26 Å². The Labute approximate surface area is 203 Å². The lowest BCUT2D eigenvalue weighted by Crippen LogP contribution is -2.44. The molecule has 0 bridgehead atoms. The monoisotopic (exact) mass is 509 g/mol. The molecule has 184 valence electrons. The number of amides is 1. The summed E-state index contributed by atoms with van der Waals surface area (Å²) in [4.78, 5) is 15.5. The predicted octanol–water partition coefficient (Wildman–Crippen LogP) is 3.77. The summed E-state index contributed by atoms with van der Waals surface area (Å²) in [7, 11) is 0. The fourth-order valence-corrected chi connectivity index (χ4v) is 4.50. The second-order valence-corrected chi connectivity index (χ2v) is 8.90. The van der Waals surface area contributed by atoms with Crippen molar-refractivity contribution in [2.45, 2.75) is 37.8 Å². The number of nitriles is 1. The average molecular weight is 509 g/mol. The first kappa shape index (κ1) is 24.8. The number of hydrogen-bond acceptors (Lipinski definition) is 6. The Hall–Kier alpha value is -3.27. The minimum atomic E-state index is -4.82. The number of alkyl halides is 3. The lowest BCUT2D eigenvalue weighted by molar-refractivity contribution is -0.137. The Morgan fingerprint density at radius 3 is 2.46 bits per heavy atom. The van der Waals surface area contributed by atoms with Crippen LogP contribution in [0.2, 0.25) is 0 Å². The van der Waals surface area contributed by atoms with Crippen LogP contribution in [0.5, 0.6) is 5.75 Å². The highest BCUT2D eigenvalue weighted by Gasteiger charge is 2.51. The normalized spacial score (nSPS) is 22.0. The molecule has 12 heteroatoms. The molecular formula is C23H19F4N3O4S. The van der Waals surface area contributed by atoms with Gasteiger partial charge in [0.15, 0.2) is 22.8 Å². The Morgan fingerprint density at radius 1 is 1.20 bits per heavy atom. The molecule has 2 unspecified atom stereocenters. The summed E-state index contributed by atoms with van der Waals surface area (Å²) in [5.74, 6) is -1.56. The molecule has 0 radical (unpaired) electrons. The number of ether oxygens (including phenoxy) is 2. The third-order valence-electron chi connectivity index (χ3n) is 5.81. The van der Waals surface area contributed by atoms with E-state index < -0.39 is 46.8 Å². The molecule has 2 aromatic carbocycles. The highest BCUT2D eigenvalue weighted by molar-refractivity contribution is 7.81. The summed E-state index contributed by atoms with van der Waals surface area (Å²) in [6, 6.07) is 8.19. The summed E-state index contributed by atoms with van der Waals surface area (Å²) < 4.78 is 65.8. The van der Waals surface area contributed by atoms with E-state index >= 15 is 0 Å². The maximum atomic E-state index is 14.9.